The largest absolute Gasteiger partial charge is 0.353 e. The van der Waals surface area contributed by atoms with E-state index in [1.54, 1.807) is 0 Å². The maximum Gasteiger partial charge on any atom is 0.207 e. The highest BCUT2D eigenvalue weighted by atomic mass is 15.2. The Balaban J connectivity index is 1.81. The molecule has 0 atom stereocenters. The van der Waals surface area contributed by atoms with Gasteiger partial charge in [0, 0.05) is 24.1 Å². The predicted molar refractivity (Wildman–Crippen MR) is 78.8 cm³/mol. The Morgan fingerprint density at radius 1 is 1.21 bits per heavy atom. The molecule has 0 saturated heterocycles. The molecule has 0 unspecified atom stereocenters. The Bertz CT molecular complexity index is 521. The molecule has 0 radical (unpaired) electrons. The summed E-state index contributed by atoms with van der Waals surface area (Å²) in [4.78, 5) is 4.45. The monoisotopic (exact) mass is 255 g/mol. The van der Waals surface area contributed by atoms with Crippen molar-refractivity contribution in [3.05, 3.63) is 42.2 Å². The van der Waals surface area contributed by atoms with Crippen molar-refractivity contribution in [2.75, 3.05) is 5.32 Å². The molecule has 1 aromatic carbocycles. The van der Waals surface area contributed by atoms with Crippen molar-refractivity contribution in [2.24, 2.45) is 0 Å². The molecule has 0 aliphatic heterocycles. The average Bonchev–Trinajstić information content (AvgIpc) is 3.11. The first-order valence-electron chi connectivity index (χ1n) is 7.26. The third-order valence-electron chi connectivity index (χ3n) is 3.95. The van der Waals surface area contributed by atoms with Crippen LogP contribution in [0.2, 0.25) is 0 Å². The SMILES string of the molecule is CCc1ccc(-n2ccnc2NC2CCCC2)cc1. The van der Waals surface area contributed by atoms with Gasteiger partial charge in [0.05, 0.1) is 0 Å². The van der Waals surface area contributed by atoms with Crippen LogP contribution >= 0.6 is 0 Å². The summed E-state index contributed by atoms with van der Waals surface area (Å²) in [6, 6.07) is 9.31. The number of rotatable bonds is 4. The highest BCUT2D eigenvalue weighted by Crippen LogP contribution is 2.23. The average molecular weight is 255 g/mol. The Hall–Kier alpha value is -1.77. The zero-order valence-electron chi connectivity index (χ0n) is 11.5. The number of hydrogen-bond donors (Lipinski definition) is 1. The van der Waals surface area contributed by atoms with Crippen LogP contribution in [0.4, 0.5) is 5.95 Å². The molecule has 2 aromatic rings. The molecule has 3 heteroatoms. The first-order valence-corrected chi connectivity index (χ1v) is 7.26. The highest BCUT2D eigenvalue weighted by molar-refractivity contribution is 5.43. The van der Waals surface area contributed by atoms with Crippen LogP contribution in [0.15, 0.2) is 36.7 Å². The van der Waals surface area contributed by atoms with Crippen LogP contribution in [0.25, 0.3) is 5.69 Å². The van der Waals surface area contributed by atoms with Gasteiger partial charge in [0.25, 0.3) is 0 Å². The van der Waals surface area contributed by atoms with Crippen molar-refractivity contribution in [1.29, 1.82) is 0 Å². The highest BCUT2D eigenvalue weighted by Gasteiger charge is 2.16. The van der Waals surface area contributed by atoms with E-state index < -0.39 is 0 Å². The molecule has 0 amide bonds. The molecule has 0 bridgehead atoms. The van der Waals surface area contributed by atoms with Crippen molar-refractivity contribution < 1.29 is 0 Å². The lowest BCUT2D eigenvalue weighted by Crippen LogP contribution is -2.17. The lowest BCUT2D eigenvalue weighted by atomic mass is 10.1. The first-order chi connectivity index (χ1) is 9.36. The summed E-state index contributed by atoms with van der Waals surface area (Å²) in [5.74, 6) is 0.969. The van der Waals surface area contributed by atoms with Crippen LogP contribution in [0, 0.1) is 0 Å². The van der Waals surface area contributed by atoms with Gasteiger partial charge in [-0.15, -0.1) is 0 Å². The number of imidazole rings is 1. The third kappa shape index (κ3) is 2.65. The van der Waals surface area contributed by atoms with E-state index in [9.17, 15) is 0 Å². The van der Waals surface area contributed by atoms with E-state index in [4.69, 9.17) is 0 Å². The number of aryl methyl sites for hydroxylation is 1. The summed E-state index contributed by atoms with van der Waals surface area (Å²) >= 11 is 0. The molecule has 100 valence electrons. The van der Waals surface area contributed by atoms with Gasteiger partial charge in [-0.3, -0.25) is 4.57 Å². The Morgan fingerprint density at radius 2 is 1.95 bits per heavy atom. The zero-order chi connectivity index (χ0) is 13.1. The molecule has 1 aromatic heterocycles. The maximum absolute atomic E-state index is 4.45. The molecule has 1 heterocycles. The van der Waals surface area contributed by atoms with Gasteiger partial charge in [-0.1, -0.05) is 31.9 Å². The van der Waals surface area contributed by atoms with Gasteiger partial charge in [-0.2, -0.15) is 0 Å². The third-order valence-corrected chi connectivity index (χ3v) is 3.95. The van der Waals surface area contributed by atoms with E-state index in [0.717, 1.165) is 12.4 Å². The van der Waals surface area contributed by atoms with Gasteiger partial charge in [0.2, 0.25) is 5.95 Å². The van der Waals surface area contributed by atoms with Crippen molar-refractivity contribution >= 4 is 5.95 Å². The molecular weight excluding hydrogens is 234 g/mol. The van der Waals surface area contributed by atoms with E-state index in [2.05, 4.69) is 46.1 Å². The van der Waals surface area contributed by atoms with Crippen molar-refractivity contribution in [3.8, 4) is 5.69 Å². The first kappa shape index (κ1) is 12.3. The molecule has 0 spiro atoms. The summed E-state index contributed by atoms with van der Waals surface area (Å²) in [5.41, 5.74) is 2.55. The number of hydrogen-bond acceptors (Lipinski definition) is 2. The van der Waals surface area contributed by atoms with E-state index in [0.29, 0.717) is 6.04 Å². The Morgan fingerprint density at radius 3 is 2.63 bits per heavy atom. The minimum Gasteiger partial charge on any atom is -0.353 e. The molecule has 1 aliphatic rings. The van der Waals surface area contributed by atoms with Crippen LogP contribution in [0.3, 0.4) is 0 Å². The fourth-order valence-electron chi connectivity index (χ4n) is 2.76. The number of nitrogens with zero attached hydrogens (tertiary/aromatic N) is 2. The van der Waals surface area contributed by atoms with E-state index in [1.807, 2.05) is 12.4 Å². The van der Waals surface area contributed by atoms with Gasteiger partial charge in [0.15, 0.2) is 0 Å². The van der Waals surface area contributed by atoms with Gasteiger partial charge < -0.3 is 5.32 Å². The standard InChI is InChI=1S/C16H21N3/c1-2-13-7-9-15(10-8-13)19-12-11-17-16(19)18-14-5-3-4-6-14/h7-12,14H,2-6H2,1H3,(H,17,18). The number of anilines is 1. The zero-order valence-corrected chi connectivity index (χ0v) is 11.5. The topological polar surface area (TPSA) is 29.9 Å². The Kier molecular flexibility index (Phi) is 3.53. The Labute approximate surface area is 114 Å². The van der Waals surface area contributed by atoms with Gasteiger partial charge in [-0.05, 0) is 37.0 Å². The molecule has 1 aliphatic carbocycles. The summed E-state index contributed by atoms with van der Waals surface area (Å²) in [7, 11) is 0. The second kappa shape index (κ2) is 5.47. The summed E-state index contributed by atoms with van der Waals surface area (Å²) in [6.07, 6.45) is 10.2. The van der Waals surface area contributed by atoms with E-state index in [1.165, 1.54) is 36.9 Å². The number of nitrogens with one attached hydrogen (secondary N) is 1. The second-order valence-electron chi connectivity index (χ2n) is 5.27. The van der Waals surface area contributed by atoms with Crippen molar-refractivity contribution in [3.63, 3.8) is 0 Å². The molecule has 1 N–H and O–H groups in total. The fourth-order valence-corrected chi connectivity index (χ4v) is 2.76. The summed E-state index contributed by atoms with van der Waals surface area (Å²) in [5, 5.41) is 3.57. The van der Waals surface area contributed by atoms with Gasteiger partial charge in [-0.25, -0.2) is 4.98 Å². The molecule has 1 saturated carbocycles. The fraction of sp³-hybridized carbons (Fsp3) is 0.438. The minimum absolute atomic E-state index is 0.594. The maximum atomic E-state index is 4.45. The minimum atomic E-state index is 0.594. The van der Waals surface area contributed by atoms with Crippen LogP contribution < -0.4 is 5.32 Å². The summed E-state index contributed by atoms with van der Waals surface area (Å²) in [6.45, 7) is 2.18. The van der Waals surface area contributed by atoms with Crippen molar-refractivity contribution in [1.82, 2.24) is 9.55 Å². The van der Waals surface area contributed by atoms with E-state index >= 15 is 0 Å². The van der Waals surface area contributed by atoms with Gasteiger partial charge >= 0.3 is 0 Å². The molecule has 1 fully saturated rings. The van der Waals surface area contributed by atoms with Crippen LogP contribution in [-0.4, -0.2) is 15.6 Å². The lowest BCUT2D eigenvalue weighted by molar-refractivity contribution is 0.740. The normalized spacial score (nSPS) is 15.8. The van der Waals surface area contributed by atoms with Crippen LogP contribution in [-0.2, 0) is 6.42 Å². The van der Waals surface area contributed by atoms with Crippen molar-refractivity contribution in [2.45, 2.75) is 45.1 Å². The molecule has 19 heavy (non-hydrogen) atoms. The number of benzene rings is 1. The van der Waals surface area contributed by atoms with Crippen LogP contribution in [0.5, 0.6) is 0 Å². The quantitative estimate of drug-likeness (QED) is 0.900. The molecular formula is C16H21N3. The number of aromatic nitrogens is 2. The van der Waals surface area contributed by atoms with Gasteiger partial charge in [0.1, 0.15) is 0 Å². The summed E-state index contributed by atoms with van der Waals surface area (Å²) < 4.78 is 2.14. The molecule has 3 nitrogen and oxygen atoms in total. The second-order valence-corrected chi connectivity index (χ2v) is 5.27. The van der Waals surface area contributed by atoms with E-state index in [-0.39, 0.29) is 0 Å². The van der Waals surface area contributed by atoms with Crippen LogP contribution in [0.1, 0.15) is 38.2 Å². The predicted octanol–water partition coefficient (Wildman–Crippen LogP) is 3.79. The smallest absolute Gasteiger partial charge is 0.207 e. The lowest BCUT2D eigenvalue weighted by Gasteiger charge is -2.15. The molecule has 3 rings (SSSR count).